The van der Waals surface area contributed by atoms with Crippen molar-refractivity contribution in [2.24, 2.45) is 0 Å². The molecule has 2 N–H and O–H groups in total. The minimum Gasteiger partial charge on any atom is -0.443 e. The molecule has 1 unspecified atom stereocenters. The zero-order chi connectivity index (χ0) is 16.4. The summed E-state index contributed by atoms with van der Waals surface area (Å²) < 4.78 is 85.4. The zero-order valence-electron chi connectivity index (χ0n) is 10.5. The minimum atomic E-state index is -6.33. The van der Waals surface area contributed by atoms with Crippen LogP contribution in [-0.2, 0) is 19.6 Å². The number of ether oxygens (including phenoxy) is 1. The highest BCUT2D eigenvalue weighted by atomic mass is 32.2. The first-order valence-corrected chi connectivity index (χ1v) is 6.46. The summed E-state index contributed by atoms with van der Waals surface area (Å²) in [6.45, 7) is 4.35. The van der Waals surface area contributed by atoms with Crippen LogP contribution in [0.5, 0.6) is 0 Å². The molecule has 0 aromatic heterocycles. The van der Waals surface area contributed by atoms with Crippen LogP contribution in [-0.4, -0.2) is 43.4 Å². The molecular weight excluding hydrogens is 310 g/mol. The Labute approximate surface area is 112 Å². The molecule has 0 fully saturated rings. The Kier molecular flexibility index (Phi) is 5.69. The number of hydrogen-bond donors (Lipinski definition) is 2. The van der Waals surface area contributed by atoms with E-state index in [1.54, 1.807) is 0 Å². The summed E-state index contributed by atoms with van der Waals surface area (Å²) in [6.07, 6.45) is -3.77. The number of carbonyl (C=O) groups excluding carboxylic acids is 1. The van der Waals surface area contributed by atoms with E-state index in [-0.39, 0.29) is 5.57 Å². The van der Waals surface area contributed by atoms with Crippen LogP contribution in [0, 0.1) is 0 Å². The highest BCUT2D eigenvalue weighted by Gasteiger charge is 2.66. The van der Waals surface area contributed by atoms with Gasteiger partial charge >= 0.3 is 27.3 Å². The van der Waals surface area contributed by atoms with Crippen molar-refractivity contribution in [3.8, 4) is 0 Å². The molecule has 1 atom stereocenters. The van der Waals surface area contributed by atoms with Crippen molar-refractivity contribution in [1.29, 1.82) is 0 Å². The number of hydrogen-bond acceptors (Lipinski definition) is 5. The van der Waals surface area contributed by atoms with E-state index in [9.17, 15) is 30.8 Å². The largest absolute Gasteiger partial charge is 0.443 e. The maximum absolute atomic E-state index is 13.2. The average molecular weight is 323 g/mol. The Hall–Kier alpha value is -1.20. The highest BCUT2D eigenvalue weighted by molar-refractivity contribution is 7.87. The molecule has 11 heteroatoms. The predicted octanol–water partition coefficient (Wildman–Crippen LogP) is 1.16. The summed E-state index contributed by atoms with van der Waals surface area (Å²) in [4.78, 5) is 11.1. The van der Waals surface area contributed by atoms with E-state index >= 15 is 0 Å². The smallest absolute Gasteiger partial charge is 0.431 e. The predicted molar refractivity (Wildman–Crippen MR) is 59.8 cm³/mol. The Morgan fingerprint density at radius 3 is 2.15 bits per heavy atom. The van der Waals surface area contributed by atoms with E-state index in [1.165, 1.54) is 6.92 Å². The molecule has 118 valence electrons. The van der Waals surface area contributed by atoms with Gasteiger partial charge in [-0.3, -0.25) is 9.87 Å². The zero-order valence-corrected chi connectivity index (χ0v) is 11.3. The fourth-order valence-electron chi connectivity index (χ4n) is 0.973. The minimum absolute atomic E-state index is 0.171. The summed E-state index contributed by atoms with van der Waals surface area (Å²) in [5, 5.41) is -3.72. The van der Waals surface area contributed by atoms with Gasteiger partial charge in [-0.15, -0.1) is 0 Å². The summed E-state index contributed by atoms with van der Waals surface area (Å²) in [5.41, 5.74) is -0.171. The third-order valence-electron chi connectivity index (χ3n) is 2.11. The van der Waals surface area contributed by atoms with Crippen LogP contribution in [0.4, 0.5) is 17.6 Å². The molecule has 0 spiro atoms. The Morgan fingerprint density at radius 1 is 1.40 bits per heavy atom. The van der Waals surface area contributed by atoms with Gasteiger partial charge in [-0.05, 0) is 14.0 Å². The van der Waals surface area contributed by atoms with Crippen molar-refractivity contribution in [3.05, 3.63) is 12.2 Å². The molecule has 0 rings (SSSR count). The van der Waals surface area contributed by atoms with Crippen LogP contribution >= 0.6 is 0 Å². The number of alkyl halides is 4. The van der Waals surface area contributed by atoms with E-state index in [0.717, 1.165) is 7.05 Å². The van der Waals surface area contributed by atoms with Gasteiger partial charge in [0.05, 0.1) is 6.42 Å². The molecule has 20 heavy (non-hydrogen) atoms. The van der Waals surface area contributed by atoms with Gasteiger partial charge in [-0.2, -0.15) is 26.0 Å². The third kappa shape index (κ3) is 4.15. The van der Waals surface area contributed by atoms with Gasteiger partial charge in [0.15, 0.2) is 6.23 Å². The van der Waals surface area contributed by atoms with Crippen LogP contribution in [0.15, 0.2) is 12.2 Å². The SMILES string of the molecule is C=C(C)C(=O)OC(CC(F)(F)C(F)(F)S(=O)(=O)O)NC. The van der Waals surface area contributed by atoms with E-state index in [4.69, 9.17) is 4.55 Å². The van der Waals surface area contributed by atoms with Crippen LogP contribution < -0.4 is 5.32 Å². The lowest BCUT2D eigenvalue weighted by Crippen LogP contribution is -2.50. The molecule has 0 aliphatic rings. The van der Waals surface area contributed by atoms with Gasteiger partial charge in [-0.25, -0.2) is 4.79 Å². The Morgan fingerprint density at radius 2 is 1.85 bits per heavy atom. The lowest BCUT2D eigenvalue weighted by atomic mass is 10.2. The van der Waals surface area contributed by atoms with Gasteiger partial charge in [0.1, 0.15) is 0 Å². The van der Waals surface area contributed by atoms with Gasteiger partial charge < -0.3 is 4.74 Å². The quantitative estimate of drug-likeness (QED) is 0.240. The van der Waals surface area contributed by atoms with Crippen molar-refractivity contribution in [3.63, 3.8) is 0 Å². The fourth-order valence-corrected chi connectivity index (χ4v) is 1.43. The summed E-state index contributed by atoms with van der Waals surface area (Å²) in [5.74, 6) is -6.29. The number of carbonyl (C=O) groups is 1. The topological polar surface area (TPSA) is 92.7 Å². The molecule has 0 saturated heterocycles. The van der Waals surface area contributed by atoms with E-state index in [0.29, 0.717) is 0 Å². The molecule has 0 aromatic rings. The van der Waals surface area contributed by atoms with Gasteiger partial charge in [0, 0.05) is 5.57 Å². The number of halogens is 4. The van der Waals surface area contributed by atoms with Crippen LogP contribution in [0.2, 0.25) is 0 Å². The molecule has 0 bridgehead atoms. The monoisotopic (exact) mass is 323 g/mol. The van der Waals surface area contributed by atoms with Gasteiger partial charge in [-0.1, -0.05) is 6.58 Å². The number of nitrogens with one attached hydrogen (secondary N) is 1. The van der Waals surface area contributed by atoms with E-state index in [1.807, 2.05) is 5.32 Å². The molecule has 0 aromatic carbocycles. The molecule has 0 radical (unpaired) electrons. The lowest BCUT2D eigenvalue weighted by molar-refractivity contribution is -0.186. The van der Waals surface area contributed by atoms with Crippen molar-refractivity contribution in [1.82, 2.24) is 5.32 Å². The van der Waals surface area contributed by atoms with Crippen LogP contribution in [0.25, 0.3) is 0 Å². The molecule has 0 heterocycles. The van der Waals surface area contributed by atoms with Crippen molar-refractivity contribution in [2.75, 3.05) is 7.05 Å². The van der Waals surface area contributed by atoms with E-state index in [2.05, 4.69) is 11.3 Å². The van der Waals surface area contributed by atoms with Crippen LogP contribution in [0.1, 0.15) is 13.3 Å². The first-order valence-electron chi connectivity index (χ1n) is 5.02. The number of esters is 1. The van der Waals surface area contributed by atoms with E-state index < -0.39 is 39.9 Å². The van der Waals surface area contributed by atoms with Crippen molar-refractivity contribution < 1.29 is 40.1 Å². The second-order valence-electron chi connectivity index (χ2n) is 3.86. The van der Waals surface area contributed by atoms with Crippen molar-refractivity contribution in [2.45, 2.75) is 30.7 Å². The van der Waals surface area contributed by atoms with Crippen LogP contribution in [0.3, 0.4) is 0 Å². The van der Waals surface area contributed by atoms with Gasteiger partial charge in [0.25, 0.3) is 0 Å². The molecule has 0 aliphatic heterocycles. The highest BCUT2D eigenvalue weighted by Crippen LogP contribution is 2.41. The maximum atomic E-state index is 13.2. The molecule has 0 amide bonds. The molecular formula is C9H13F4NO5S. The Balaban J connectivity index is 5.15. The summed E-state index contributed by atoms with van der Waals surface area (Å²) in [7, 11) is -5.30. The fraction of sp³-hybridized carbons (Fsp3) is 0.667. The summed E-state index contributed by atoms with van der Waals surface area (Å²) >= 11 is 0. The second kappa shape index (κ2) is 6.06. The standard InChI is InChI=1S/C9H13F4NO5S/c1-5(2)7(15)19-6(14-3)4-8(10,11)9(12,13)20(16,17)18/h6,14H,1,4H2,2-3H3,(H,16,17,18). The number of rotatable bonds is 7. The molecule has 0 aliphatic carbocycles. The lowest BCUT2D eigenvalue weighted by Gasteiger charge is -2.27. The first-order chi connectivity index (χ1) is 8.76. The third-order valence-corrected chi connectivity index (χ3v) is 3.06. The average Bonchev–Trinajstić information content (AvgIpc) is 2.25. The maximum Gasteiger partial charge on any atom is 0.431 e. The molecule has 0 saturated carbocycles. The first kappa shape index (κ1) is 18.8. The Bertz CT molecular complexity index is 491. The molecule has 6 nitrogen and oxygen atoms in total. The van der Waals surface area contributed by atoms with Crippen molar-refractivity contribution >= 4 is 16.1 Å². The van der Waals surface area contributed by atoms with Gasteiger partial charge in [0.2, 0.25) is 0 Å². The second-order valence-corrected chi connectivity index (χ2v) is 5.33. The normalized spacial score (nSPS) is 14.8. The summed E-state index contributed by atoms with van der Waals surface area (Å²) in [6, 6.07) is 0.